The van der Waals surface area contributed by atoms with Crippen molar-refractivity contribution in [2.24, 2.45) is 0 Å². The van der Waals surface area contributed by atoms with Crippen LogP contribution in [0, 0.1) is 26.5 Å². The van der Waals surface area contributed by atoms with Gasteiger partial charge >= 0.3 is 0 Å². The zero-order chi connectivity index (χ0) is 20.7. The molecule has 3 heteroatoms. The zero-order valence-corrected chi connectivity index (χ0v) is 20.2. The predicted octanol–water partition coefficient (Wildman–Crippen LogP) is 7.10. The Balaban J connectivity index is 0.000000456. The quantitative estimate of drug-likeness (QED) is 0.209. The van der Waals surface area contributed by atoms with Crippen LogP contribution in [0.4, 0.5) is 0 Å². The van der Waals surface area contributed by atoms with Gasteiger partial charge in [0.15, 0.2) is 0 Å². The minimum atomic E-state index is 0. The number of aromatic nitrogens is 1. The maximum atomic E-state index is 8.48. The van der Waals surface area contributed by atoms with E-state index in [1.54, 1.807) is 13.8 Å². The second kappa shape index (κ2) is 11.7. The molecule has 0 fully saturated rings. The van der Waals surface area contributed by atoms with Crippen molar-refractivity contribution < 1.29 is 25.2 Å². The first-order chi connectivity index (χ1) is 13.3. The van der Waals surface area contributed by atoms with Gasteiger partial charge < -0.3 is 5.11 Å². The van der Waals surface area contributed by atoms with Crippen LogP contribution >= 0.6 is 0 Å². The van der Waals surface area contributed by atoms with Crippen LogP contribution in [0.5, 0.6) is 0 Å². The van der Waals surface area contributed by atoms with Crippen molar-refractivity contribution in [1.29, 1.82) is 0 Å². The normalized spacial score (nSPS) is 10.7. The summed E-state index contributed by atoms with van der Waals surface area (Å²) in [5.74, 6) is 0.250. The monoisotopic (exact) mass is 564 g/mol. The molecule has 3 aromatic rings. The molecule has 155 valence electrons. The van der Waals surface area contributed by atoms with Gasteiger partial charge in [-0.25, -0.2) is 5.57 Å². The molecular weight excluding hydrogens is 535 g/mol. The van der Waals surface area contributed by atoms with Crippen LogP contribution in [0.1, 0.15) is 43.9 Å². The average Bonchev–Trinajstić information content (AvgIpc) is 2.60. The van der Waals surface area contributed by atoms with Crippen molar-refractivity contribution in [1.82, 2.24) is 4.98 Å². The summed E-state index contributed by atoms with van der Waals surface area (Å²) >= 11 is 0. The third-order valence-corrected chi connectivity index (χ3v) is 4.16. The number of rotatable bonds is 4. The minimum Gasteiger partial charge on any atom is -0.531 e. The minimum absolute atomic E-state index is 0. The first-order valence-electron chi connectivity index (χ1n) is 9.65. The van der Waals surface area contributed by atoms with Gasteiger partial charge in [0.05, 0.1) is 5.52 Å². The number of hydrogen-bond acceptors (Lipinski definition) is 2. The second-order valence-electron chi connectivity index (χ2n) is 7.26. The average molecular weight is 564 g/mol. The number of allylic oxidation sites excluding steroid dienone is 3. The molecule has 0 unspecified atom stereocenters. The van der Waals surface area contributed by atoms with E-state index in [1.165, 1.54) is 22.6 Å². The van der Waals surface area contributed by atoms with Crippen molar-refractivity contribution in [3.63, 3.8) is 0 Å². The van der Waals surface area contributed by atoms with Crippen molar-refractivity contribution in [2.45, 2.75) is 47.5 Å². The summed E-state index contributed by atoms with van der Waals surface area (Å²) in [6.45, 7) is 14.9. The second-order valence-corrected chi connectivity index (χ2v) is 7.26. The summed E-state index contributed by atoms with van der Waals surface area (Å²) < 4.78 is 0. The van der Waals surface area contributed by atoms with E-state index in [0.717, 1.165) is 35.2 Å². The molecule has 0 amide bonds. The van der Waals surface area contributed by atoms with Crippen LogP contribution in [-0.4, -0.2) is 10.1 Å². The molecule has 1 N–H and O–H groups in total. The summed E-state index contributed by atoms with van der Waals surface area (Å²) in [6, 6.07) is 18.5. The fraction of sp³-hybridized carbons (Fsp3) is 0.269. The summed E-state index contributed by atoms with van der Waals surface area (Å²) in [5, 5.41) is 9.68. The molecule has 0 saturated heterocycles. The molecule has 1 heterocycles. The molecule has 29 heavy (non-hydrogen) atoms. The molecule has 0 aliphatic rings. The number of hydrogen-bond donors (Lipinski definition) is 1. The summed E-state index contributed by atoms with van der Waals surface area (Å²) in [7, 11) is 0. The van der Waals surface area contributed by atoms with E-state index < -0.39 is 0 Å². The van der Waals surface area contributed by atoms with Gasteiger partial charge in [-0.15, -0.1) is 34.9 Å². The van der Waals surface area contributed by atoms with Gasteiger partial charge in [-0.05, 0) is 36.1 Å². The van der Waals surface area contributed by atoms with Crippen LogP contribution in [0.25, 0.3) is 22.2 Å². The van der Waals surface area contributed by atoms with E-state index in [9.17, 15) is 0 Å². The number of fused-ring (bicyclic) bond motifs is 1. The van der Waals surface area contributed by atoms with Crippen LogP contribution in [0.15, 0.2) is 59.9 Å². The van der Waals surface area contributed by atoms with Crippen molar-refractivity contribution >= 4 is 10.9 Å². The molecule has 0 bridgehead atoms. The number of aliphatic hydroxyl groups excluding tert-OH is 1. The summed E-state index contributed by atoms with van der Waals surface area (Å²) in [5.41, 5.74) is 7.55. The molecule has 1 radical (unpaired) electrons. The molecular formula is C26H29IrNO-2. The van der Waals surface area contributed by atoms with Crippen LogP contribution < -0.4 is 0 Å². The maximum Gasteiger partial charge on any atom is 0.0598 e. The Morgan fingerprint density at radius 3 is 2.34 bits per heavy atom. The number of aliphatic hydroxyl groups is 1. The van der Waals surface area contributed by atoms with Gasteiger partial charge in [0.1, 0.15) is 0 Å². The number of aryl methyl sites for hydroxylation is 3. The van der Waals surface area contributed by atoms with E-state index in [0.29, 0.717) is 5.57 Å². The number of benzene rings is 2. The van der Waals surface area contributed by atoms with E-state index in [1.807, 2.05) is 0 Å². The van der Waals surface area contributed by atoms with E-state index in [2.05, 4.69) is 69.3 Å². The van der Waals surface area contributed by atoms with Gasteiger partial charge in [0.2, 0.25) is 0 Å². The Labute approximate surface area is 188 Å². The molecule has 0 spiro atoms. The van der Waals surface area contributed by atoms with Crippen molar-refractivity contribution in [2.75, 3.05) is 0 Å². The van der Waals surface area contributed by atoms with Crippen LogP contribution in [0.3, 0.4) is 0 Å². The van der Waals surface area contributed by atoms with Gasteiger partial charge in [0, 0.05) is 25.9 Å². The Morgan fingerprint density at radius 1 is 1.10 bits per heavy atom. The van der Waals surface area contributed by atoms with E-state index >= 15 is 0 Å². The van der Waals surface area contributed by atoms with E-state index in [-0.39, 0.29) is 25.9 Å². The summed E-state index contributed by atoms with van der Waals surface area (Å²) in [4.78, 5) is 4.84. The standard InChI is InChI=1S/C20H20N.C6H9O.Ir/c1-4-5-16-6-7-17-8-9-19(21-20(17)13-16)18-11-14(2)10-15(3)12-18;1-5(2)4-6(3)7;/h6-11,13H,4-5H2,1-3H3;1,4,7H,2-3H3;/q2*-1;/b;6-4-;. The first-order valence-corrected chi connectivity index (χ1v) is 9.65. The topological polar surface area (TPSA) is 33.1 Å². The Morgan fingerprint density at radius 2 is 1.79 bits per heavy atom. The fourth-order valence-corrected chi connectivity index (χ4v) is 3.12. The Kier molecular flexibility index (Phi) is 10.0. The molecule has 3 rings (SSSR count). The number of nitrogens with zero attached hydrogens (tertiary/aromatic N) is 1. The number of pyridine rings is 1. The van der Waals surface area contributed by atoms with Crippen molar-refractivity contribution in [3.8, 4) is 11.3 Å². The van der Waals surface area contributed by atoms with Crippen LogP contribution in [-0.2, 0) is 26.5 Å². The fourth-order valence-electron chi connectivity index (χ4n) is 3.12. The van der Waals surface area contributed by atoms with E-state index in [4.69, 9.17) is 16.7 Å². The molecule has 1 aromatic heterocycles. The zero-order valence-electron chi connectivity index (χ0n) is 17.8. The molecule has 2 aromatic carbocycles. The predicted molar refractivity (Wildman–Crippen MR) is 119 cm³/mol. The third kappa shape index (κ3) is 7.97. The molecule has 2 nitrogen and oxygen atoms in total. The maximum absolute atomic E-state index is 8.48. The van der Waals surface area contributed by atoms with Gasteiger partial charge in [-0.2, -0.15) is 6.08 Å². The molecule has 0 aliphatic carbocycles. The largest absolute Gasteiger partial charge is 0.531 e. The molecule has 0 aliphatic heterocycles. The Hall–Kier alpha value is -2.22. The smallest absolute Gasteiger partial charge is 0.0598 e. The SMILES string of the molecule is CCCc1ccc2ccc(-c3[c-]c(C)cc(C)c3)nc2c1.[CH-]=C(C)/C=C(/C)O.[Ir]. The Bertz CT molecular complexity index is 981. The van der Waals surface area contributed by atoms with Crippen LogP contribution in [0.2, 0.25) is 0 Å². The van der Waals surface area contributed by atoms with Gasteiger partial charge in [-0.1, -0.05) is 58.4 Å². The van der Waals surface area contributed by atoms with Gasteiger partial charge in [-0.3, -0.25) is 11.6 Å². The molecule has 0 saturated carbocycles. The summed E-state index contributed by atoms with van der Waals surface area (Å²) in [6.07, 6.45) is 3.77. The van der Waals surface area contributed by atoms with Gasteiger partial charge in [0.25, 0.3) is 0 Å². The third-order valence-electron chi connectivity index (χ3n) is 4.16. The first kappa shape index (κ1) is 24.8. The van der Waals surface area contributed by atoms with Crippen molar-refractivity contribution in [3.05, 3.63) is 89.2 Å². The molecule has 0 atom stereocenters.